The number of carbonyl (C=O) groups is 4. The number of imide groups is 1. The van der Waals surface area contributed by atoms with Crippen LogP contribution in [0.4, 0.5) is 4.79 Å². The van der Waals surface area contributed by atoms with E-state index in [9.17, 15) is 19.2 Å². The van der Waals surface area contributed by atoms with E-state index in [1.165, 1.54) is 26.4 Å². The molecular formula is C18H22N2O7. The summed E-state index contributed by atoms with van der Waals surface area (Å²) >= 11 is 0. The van der Waals surface area contributed by atoms with Crippen LogP contribution in [0.1, 0.15) is 30.6 Å². The molecule has 1 heterocycles. The summed E-state index contributed by atoms with van der Waals surface area (Å²) in [5.41, 5.74) is -0.816. The van der Waals surface area contributed by atoms with Gasteiger partial charge in [0.25, 0.3) is 5.91 Å². The number of Topliss-reactive ketones (excluding diaryl/α,β-unsaturated/α-hetero) is 1. The summed E-state index contributed by atoms with van der Waals surface area (Å²) in [6, 6.07) is 3.95. The molecule has 27 heavy (non-hydrogen) atoms. The Morgan fingerprint density at radius 1 is 1.19 bits per heavy atom. The van der Waals surface area contributed by atoms with Crippen LogP contribution in [0.3, 0.4) is 0 Å². The van der Waals surface area contributed by atoms with Gasteiger partial charge in [-0.3, -0.25) is 19.3 Å². The zero-order valence-electron chi connectivity index (χ0n) is 15.7. The number of methoxy groups -OCH3 is 2. The Morgan fingerprint density at radius 3 is 2.44 bits per heavy atom. The van der Waals surface area contributed by atoms with Crippen LogP contribution >= 0.6 is 0 Å². The van der Waals surface area contributed by atoms with E-state index in [2.05, 4.69) is 5.32 Å². The molecule has 146 valence electrons. The SMILES string of the molecule is CC[C@]1(C)NC(=O)N(CC(=O)OCC(=O)c2ccc(OC)cc2OC)C1=O. The van der Waals surface area contributed by atoms with Gasteiger partial charge in [0, 0.05) is 6.07 Å². The molecule has 0 bridgehead atoms. The third-order valence-corrected chi connectivity index (χ3v) is 4.41. The number of urea groups is 1. The van der Waals surface area contributed by atoms with Gasteiger partial charge in [-0.25, -0.2) is 4.79 Å². The summed E-state index contributed by atoms with van der Waals surface area (Å²) in [5, 5.41) is 2.54. The molecule has 9 nitrogen and oxygen atoms in total. The van der Waals surface area contributed by atoms with E-state index >= 15 is 0 Å². The molecule has 0 radical (unpaired) electrons. The number of ketones is 1. The highest BCUT2D eigenvalue weighted by atomic mass is 16.5. The van der Waals surface area contributed by atoms with Crippen molar-refractivity contribution in [2.24, 2.45) is 0 Å². The number of benzene rings is 1. The quantitative estimate of drug-likeness (QED) is 0.410. The lowest BCUT2D eigenvalue weighted by Crippen LogP contribution is -2.43. The fourth-order valence-corrected chi connectivity index (χ4v) is 2.56. The van der Waals surface area contributed by atoms with Crippen molar-refractivity contribution in [3.63, 3.8) is 0 Å². The molecule has 2 rings (SSSR count). The third-order valence-electron chi connectivity index (χ3n) is 4.41. The Kier molecular flexibility index (Phi) is 6.04. The molecule has 0 aliphatic carbocycles. The van der Waals surface area contributed by atoms with Gasteiger partial charge < -0.3 is 19.5 Å². The fraction of sp³-hybridized carbons (Fsp3) is 0.444. The van der Waals surface area contributed by atoms with Crippen LogP contribution in [-0.4, -0.2) is 61.5 Å². The lowest BCUT2D eigenvalue weighted by Gasteiger charge is -2.18. The van der Waals surface area contributed by atoms with Crippen LogP contribution in [0.25, 0.3) is 0 Å². The van der Waals surface area contributed by atoms with Gasteiger partial charge >= 0.3 is 12.0 Å². The topological polar surface area (TPSA) is 111 Å². The highest BCUT2D eigenvalue weighted by Gasteiger charge is 2.47. The Balaban J connectivity index is 1.97. The number of nitrogens with one attached hydrogen (secondary N) is 1. The molecule has 0 saturated carbocycles. The summed E-state index contributed by atoms with van der Waals surface area (Å²) in [6.07, 6.45) is 0.388. The summed E-state index contributed by atoms with van der Waals surface area (Å²) in [7, 11) is 2.89. The van der Waals surface area contributed by atoms with Crippen LogP contribution in [0, 0.1) is 0 Å². The molecule has 1 saturated heterocycles. The minimum atomic E-state index is -1.04. The maximum atomic E-state index is 12.3. The monoisotopic (exact) mass is 378 g/mol. The van der Waals surface area contributed by atoms with Crippen molar-refractivity contribution in [3.8, 4) is 11.5 Å². The van der Waals surface area contributed by atoms with Crippen molar-refractivity contribution >= 4 is 23.7 Å². The van der Waals surface area contributed by atoms with Crippen molar-refractivity contribution in [1.82, 2.24) is 10.2 Å². The van der Waals surface area contributed by atoms with Gasteiger partial charge in [0.1, 0.15) is 23.6 Å². The molecule has 3 amide bonds. The Labute approximate surface area is 156 Å². The van der Waals surface area contributed by atoms with Gasteiger partial charge in [0.15, 0.2) is 6.61 Å². The number of hydrogen-bond acceptors (Lipinski definition) is 7. The van der Waals surface area contributed by atoms with Gasteiger partial charge in [-0.2, -0.15) is 0 Å². The van der Waals surface area contributed by atoms with E-state index in [1.807, 2.05) is 0 Å². The normalized spacial score (nSPS) is 18.9. The smallest absolute Gasteiger partial charge is 0.326 e. The van der Waals surface area contributed by atoms with Gasteiger partial charge in [-0.15, -0.1) is 0 Å². The predicted octanol–water partition coefficient (Wildman–Crippen LogP) is 1.15. The lowest BCUT2D eigenvalue weighted by atomic mass is 9.99. The molecule has 0 spiro atoms. The van der Waals surface area contributed by atoms with Crippen molar-refractivity contribution in [2.45, 2.75) is 25.8 Å². The number of nitrogens with zero attached hydrogens (tertiary/aromatic N) is 1. The predicted molar refractivity (Wildman–Crippen MR) is 93.8 cm³/mol. The fourth-order valence-electron chi connectivity index (χ4n) is 2.56. The largest absolute Gasteiger partial charge is 0.497 e. The van der Waals surface area contributed by atoms with Crippen molar-refractivity contribution in [1.29, 1.82) is 0 Å². The molecule has 0 aromatic heterocycles. The van der Waals surface area contributed by atoms with Crippen molar-refractivity contribution in [2.75, 3.05) is 27.4 Å². The highest BCUT2D eigenvalue weighted by Crippen LogP contribution is 2.25. The Morgan fingerprint density at radius 2 is 1.89 bits per heavy atom. The van der Waals surface area contributed by atoms with Crippen LogP contribution in [0.15, 0.2) is 18.2 Å². The molecule has 1 aromatic carbocycles. The van der Waals surface area contributed by atoms with E-state index in [-0.39, 0.29) is 11.3 Å². The maximum Gasteiger partial charge on any atom is 0.326 e. The Bertz CT molecular complexity index is 777. The number of ether oxygens (including phenoxy) is 3. The van der Waals surface area contributed by atoms with Crippen molar-refractivity contribution < 1.29 is 33.4 Å². The molecule has 1 aromatic rings. The zero-order valence-corrected chi connectivity index (χ0v) is 15.7. The first-order valence-corrected chi connectivity index (χ1v) is 8.30. The average molecular weight is 378 g/mol. The summed E-state index contributed by atoms with van der Waals surface area (Å²) in [4.78, 5) is 49.2. The number of carbonyl (C=O) groups excluding carboxylic acids is 4. The van der Waals surface area contributed by atoms with Crippen LogP contribution < -0.4 is 14.8 Å². The first kappa shape index (κ1) is 20.2. The molecule has 1 aliphatic rings. The minimum Gasteiger partial charge on any atom is -0.497 e. The molecule has 9 heteroatoms. The van der Waals surface area contributed by atoms with E-state index in [0.717, 1.165) is 4.90 Å². The second kappa shape index (κ2) is 8.07. The zero-order chi connectivity index (χ0) is 20.2. The summed E-state index contributed by atoms with van der Waals surface area (Å²) < 4.78 is 15.1. The minimum absolute atomic E-state index is 0.222. The number of hydrogen-bond donors (Lipinski definition) is 1. The number of rotatable bonds is 8. The maximum absolute atomic E-state index is 12.3. The van der Waals surface area contributed by atoms with Crippen LogP contribution in [0.5, 0.6) is 11.5 Å². The summed E-state index contributed by atoms with van der Waals surface area (Å²) in [5.74, 6) is -1.06. The van der Waals surface area contributed by atoms with Gasteiger partial charge in [-0.05, 0) is 25.5 Å². The van der Waals surface area contributed by atoms with E-state index < -0.39 is 42.4 Å². The molecule has 1 aliphatic heterocycles. The first-order chi connectivity index (χ1) is 12.8. The standard InChI is InChI=1S/C18H22N2O7/c1-5-18(2)16(23)20(17(24)19-18)9-15(22)27-10-13(21)12-7-6-11(25-3)8-14(12)26-4/h6-8H,5,9-10H2,1-4H3,(H,19,24)/t18-/m0/s1. The van der Waals surface area contributed by atoms with Crippen molar-refractivity contribution in [3.05, 3.63) is 23.8 Å². The molecule has 0 unspecified atom stereocenters. The van der Waals surface area contributed by atoms with E-state index in [0.29, 0.717) is 12.2 Å². The van der Waals surface area contributed by atoms with E-state index in [4.69, 9.17) is 14.2 Å². The molecular weight excluding hydrogens is 356 g/mol. The van der Waals surface area contributed by atoms with Gasteiger partial charge in [0.05, 0.1) is 19.8 Å². The highest BCUT2D eigenvalue weighted by molar-refractivity contribution is 6.08. The first-order valence-electron chi connectivity index (χ1n) is 8.30. The average Bonchev–Trinajstić information content (AvgIpc) is 2.89. The second-order valence-electron chi connectivity index (χ2n) is 6.16. The lowest BCUT2D eigenvalue weighted by molar-refractivity contribution is -0.146. The summed E-state index contributed by atoms with van der Waals surface area (Å²) in [6.45, 7) is 2.22. The van der Waals surface area contributed by atoms with Crippen LogP contribution in [-0.2, 0) is 14.3 Å². The molecule has 1 fully saturated rings. The Hall–Kier alpha value is -3.10. The van der Waals surface area contributed by atoms with Crippen LogP contribution in [0.2, 0.25) is 0 Å². The van der Waals surface area contributed by atoms with E-state index in [1.54, 1.807) is 19.9 Å². The number of esters is 1. The van der Waals surface area contributed by atoms with Gasteiger partial charge in [0.2, 0.25) is 5.78 Å². The number of amides is 3. The second-order valence-corrected chi connectivity index (χ2v) is 6.16. The molecule has 1 atom stereocenters. The molecule has 1 N–H and O–H groups in total. The van der Waals surface area contributed by atoms with Gasteiger partial charge in [-0.1, -0.05) is 6.92 Å². The third kappa shape index (κ3) is 4.18.